The number of benzene rings is 3. The molecule has 0 saturated carbocycles. The van der Waals surface area contributed by atoms with Crippen LogP contribution >= 0.6 is 23.4 Å². The molecular formula is C34H38ClNO8S. The highest BCUT2D eigenvalue weighted by Crippen LogP contribution is 2.46. The minimum absolute atomic E-state index is 0.0422. The molecule has 1 aliphatic rings. The lowest BCUT2D eigenvalue weighted by Crippen LogP contribution is -2.20. The van der Waals surface area contributed by atoms with Crippen LogP contribution in [0.15, 0.2) is 53.4 Å². The zero-order chi connectivity index (χ0) is 32.5. The number of carbonyl (C=O) groups excluding carboxylic acids is 1. The molecule has 3 aromatic rings. The van der Waals surface area contributed by atoms with Crippen LogP contribution in [0, 0.1) is 12.0 Å². The van der Waals surface area contributed by atoms with Gasteiger partial charge in [0, 0.05) is 40.3 Å². The van der Waals surface area contributed by atoms with E-state index in [1.54, 1.807) is 35.4 Å². The van der Waals surface area contributed by atoms with Gasteiger partial charge in [0.15, 0.2) is 23.0 Å². The van der Waals surface area contributed by atoms with Crippen LogP contribution in [0.5, 0.6) is 28.7 Å². The third-order valence-corrected chi connectivity index (χ3v) is 8.53. The van der Waals surface area contributed by atoms with Crippen LogP contribution in [0.3, 0.4) is 0 Å². The minimum Gasteiger partial charge on any atom is -0.493 e. The monoisotopic (exact) mass is 655 g/mol. The molecular weight excluding hydrogens is 618 g/mol. The minimum atomic E-state index is -0.487. The number of carbonyl (C=O) groups is 1. The number of thioether (sulfide) groups is 1. The van der Waals surface area contributed by atoms with Crippen molar-refractivity contribution in [3.8, 4) is 40.7 Å². The van der Waals surface area contributed by atoms with Gasteiger partial charge in [-0.1, -0.05) is 42.3 Å². The highest BCUT2D eigenvalue weighted by Gasteiger charge is 2.31. The maximum absolute atomic E-state index is 11.8. The van der Waals surface area contributed by atoms with Gasteiger partial charge in [-0.15, -0.1) is 5.06 Å². The van der Waals surface area contributed by atoms with Crippen molar-refractivity contribution in [2.24, 2.45) is 0 Å². The van der Waals surface area contributed by atoms with E-state index in [1.807, 2.05) is 55.5 Å². The van der Waals surface area contributed by atoms with E-state index < -0.39 is 5.91 Å². The Morgan fingerprint density at radius 3 is 2.22 bits per heavy atom. The van der Waals surface area contributed by atoms with Crippen molar-refractivity contribution in [1.29, 1.82) is 0 Å². The van der Waals surface area contributed by atoms with Crippen molar-refractivity contribution in [3.63, 3.8) is 0 Å². The number of nitrogens with zero attached hydrogens (tertiary/aromatic N) is 1. The van der Waals surface area contributed by atoms with Gasteiger partial charge in [-0.05, 0) is 66.9 Å². The summed E-state index contributed by atoms with van der Waals surface area (Å²) >= 11 is 7.58. The van der Waals surface area contributed by atoms with Crippen molar-refractivity contribution < 1.29 is 38.4 Å². The van der Waals surface area contributed by atoms with E-state index in [2.05, 4.69) is 12.0 Å². The van der Waals surface area contributed by atoms with Gasteiger partial charge in [-0.25, -0.2) is 0 Å². The molecule has 3 atom stereocenters. The molecule has 0 aromatic heterocycles. The topological polar surface area (TPSA) is 95.9 Å². The van der Waals surface area contributed by atoms with Gasteiger partial charge in [0.2, 0.25) is 5.75 Å². The first kappa shape index (κ1) is 34.1. The van der Waals surface area contributed by atoms with Crippen molar-refractivity contribution in [2.75, 3.05) is 35.0 Å². The Kier molecular flexibility index (Phi) is 12.1. The quantitative estimate of drug-likeness (QED) is 0.0540. The summed E-state index contributed by atoms with van der Waals surface area (Å²) in [4.78, 5) is 12.8. The van der Waals surface area contributed by atoms with Crippen LogP contribution in [-0.2, 0) is 16.0 Å². The third kappa shape index (κ3) is 8.50. The van der Waals surface area contributed by atoms with Gasteiger partial charge in [0.05, 0.1) is 41.2 Å². The maximum Gasteiger partial charge on any atom is 0.257 e. The number of hydroxylamine groups is 2. The first-order chi connectivity index (χ1) is 21.7. The Hall–Kier alpha value is -3.75. The highest BCUT2D eigenvalue weighted by molar-refractivity contribution is 7.99. The fourth-order valence-electron chi connectivity index (χ4n) is 5.03. The Morgan fingerprint density at radius 2 is 1.62 bits per heavy atom. The number of hydrogen-bond acceptors (Lipinski definition) is 9. The van der Waals surface area contributed by atoms with Crippen LogP contribution in [0.25, 0.3) is 0 Å². The number of amides is 1. The normalized spacial score (nSPS) is 16.3. The molecule has 0 radical (unpaired) electrons. The fourth-order valence-corrected chi connectivity index (χ4v) is 5.98. The predicted molar refractivity (Wildman–Crippen MR) is 173 cm³/mol. The number of hydrogen-bond donors (Lipinski definition) is 1. The molecule has 1 saturated heterocycles. The van der Waals surface area contributed by atoms with E-state index >= 15 is 0 Å². The smallest absolute Gasteiger partial charge is 0.257 e. The molecule has 1 N–H and O–H groups in total. The number of ether oxygens (including phenoxy) is 6. The largest absolute Gasteiger partial charge is 0.493 e. The van der Waals surface area contributed by atoms with Crippen LogP contribution in [-0.4, -0.2) is 56.7 Å². The van der Waals surface area contributed by atoms with Crippen molar-refractivity contribution >= 4 is 29.3 Å². The number of methoxy groups -OCH3 is 4. The van der Waals surface area contributed by atoms with E-state index in [0.29, 0.717) is 51.9 Å². The van der Waals surface area contributed by atoms with E-state index in [1.165, 1.54) is 11.8 Å². The first-order valence-electron chi connectivity index (χ1n) is 14.4. The zero-order valence-corrected chi connectivity index (χ0v) is 27.8. The molecule has 1 amide bonds. The van der Waals surface area contributed by atoms with Crippen LogP contribution in [0.1, 0.15) is 55.4 Å². The molecule has 3 aromatic carbocycles. The molecule has 0 aliphatic carbocycles. The Bertz CT molecular complexity index is 1510. The zero-order valence-electron chi connectivity index (χ0n) is 26.2. The van der Waals surface area contributed by atoms with Gasteiger partial charge in [0.1, 0.15) is 5.44 Å². The summed E-state index contributed by atoms with van der Waals surface area (Å²) in [6, 6.07) is 17.9. The molecule has 4 rings (SSSR count). The average molecular weight is 656 g/mol. The lowest BCUT2D eigenvalue weighted by atomic mass is 9.91. The second kappa shape index (κ2) is 16.0. The van der Waals surface area contributed by atoms with Crippen LogP contribution < -0.4 is 23.7 Å². The molecule has 45 heavy (non-hydrogen) atoms. The molecule has 1 aliphatic heterocycles. The lowest BCUT2D eigenvalue weighted by Gasteiger charge is -2.21. The summed E-state index contributed by atoms with van der Waals surface area (Å²) in [6.45, 7) is 4.08. The first-order valence-corrected chi connectivity index (χ1v) is 15.7. The molecule has 1 heterocycles. The molecule has 9 nitrogen and oxygen atoms in total. The van der Waals surface area contributed by atoms with Crippen molar-refractivity contribution in [3.05, 3.63) is 70.2 Å². The number of rotatable bonds is 12. The Balaban J connectivity index is 1.64. The summed E-state index contributed by atoms with van der Waals surface area (Å²) < 4.78 is 35.1. The maximum atomic E-state index is 11.8. The van der Waals surface area contributed by atoms with Gasteiger partial charge in [-0.3, -0.25) is 10.0 Å². The lowest BCUT2D eigenvalue weighted by molar-refractivity contribution is -0.151. The molecule has 0 bridgehead atoms. The van der Waals surface area contributed by atoms with Crippen LogP contribution in [0.4, 0.5) is 0 Å². The SMILES string of the molecule is CCC(=O)N(O)C#CCc1cc(C2COC(c3cc(OC)c(OC)c(OC)c3)C2)cc(OC)c1OC(C)Sc1ccc(Cl)cc1. The van der Waals surface area contributed by atoms with Crippen LogP contribution in [0.2, 0.25) is 5.02 Å². The molecule has 11 heteroatoms. The summed E-state index contributed by atoms with van der Waals surface area (Å²) in [5, 5.41) is 11.1. The van der Waals surface area contributed by atoms with E-state index in [0.717, 1.165) is 21.6 Å². The van der Waals surface area contributed by atoms with Gasteiger partial charge < -0.3 is 28.4 Å². The van der Waals surface area contributed by atoms with Gasteiger partial charge in [0.25, 0.3) is 5.91 Å². The fraction of sp³-hybridized carbons (Fsp3) is 0.382. The standard InChI is InChI=1S/C34H38ClNO8S/c1-7-32(37)36(38)14-8-9-22-15-23(16-29(39-3)33(22)44-21(2)45-27-12-10-26(35)11-13-27)25-19-28(43-20-25)24-17-30(40-4)34(42-6)31(18-24)41-5/h10-13,15-18,21,25,28,38H,7,9,19-20H2,1-6H3. The van der Waals surface area contributed by atoms with E-state index in [4.69, 9.17) is 40.0 Å². The summed E-state index contributed by atoms with van der Waals surface area (Å²) in [5.74, 6) is 5.20. The molecule has 3 unspecified atom stereocenters. The second-order valence-corrected chi connectivity index (χ2v) is 12.0. The predicted octanol–water partition coefficient (Wildman–Crippen LogP) is 7.27. The van der Waals surface area contributed by atoms with Crippen molar-refractivity contribution in [1.82, 2.24) is 5.06 Å². The van der Waals surface area contributed by atoms with E-state index in [9.17, 15) is 10.0 Å². The van der Waals surface area contributed by atoms with Gasteiger partial charge in [-0.2, -0.15) is 0 Å². The summed E-state index contributed by atoms with van der Waals surface area (Å²) in [5.41, 5.74) is 2.39. The second-order valence-electron chi connectivity index (χ2n) is 10.2. The molecule has 1 fully saturated rings. The average Bonchev–Trinajstić information content (AvgIpc) is 3.55. The molecule has 240 valence electrons. The summed E-state index contributed by atoms with van der Waals surface area (Å²) in [6.07, 6.45) is 0.839. The van der Waals surface area contributed by atoms with E-state index in [-0.39, 0.29) is 30.3 Å². The van der Waals surface area contributed by atoms with Crippen molar-refractivity contribution in [2.45, 2.75) is 55.5 Å². The van der Waals surface area contributed by atoms with Gasteiger partial charge >= 0.3 is 0 Å². The Morgan fingerprint density at radius 1 is 1.00 bits per heavy atom. The molecule has 0 spiro atoms. The third-order valence-electron chi connectivity index (χ3n) is 7.30. The Labute approximate surface area is 273 Å². The highest BCUT2D eigenvalue weighted by atomic mass is 35.5. The number of halogens is 1. The summed E-state index contributed by atoms with van der Waals surface area (Å²) in [7, 11) is 6.34.